The molecule has 0 aliphatic heterocycles. The standard InChI is InChI=1S/C8H14O6/c1-6(9)8(11)14-5-7(10)13-4-3-12-2/h6,9H,3-5H2,1-2H3. The van der Waals surface area contributed by atoms with Gasteiger partial charge >= 0.3 is 11.9 Å². The fraction of sp³-hybridized carbons (Fsp3) is 0.750. The van der Waals surface area contributed by atoms with Crippen molar-refractivity contribution in [2.75, 3.05) is 26.9 Å². The Morgan fingerprint density at radius 2 is 1.93 bits per heavy atom. The molecule has 0 aromatic carbocycles. The molecule has 0 spiro atoms. The first-order valence-electron chi connectivity index (χ1n) is 4.07. The van der Waals surface area contributed by atoms with Crippen molar-refractivity contribution in [3.8, 4) is 0 Å². The minimum atomic E-state index is -1.23. The smallest absolute Gasteiger partial charge is 0.344 e. The molecule has 0 saturated heterocycles. The molecule has 1 atom stereocenters. The monoisotopic (exact) mass is 206 g/mol. The summed E-state index contributed by atoms with van der Waals surface area (Å²) in [4.78, 5) is 21.5. The number of esters is 2. The third kappa shape index (κ3) is 6.38. The van der Waals surface area contributed by atoms with E-state index in [0.717, 1.165) is 0 Å². The Morgan fingerprint density at radius 1 is 1.29 bits per heavy atom. The zero-order valence-electron chi connectivity index (χ0n) is 8.19. The number of carbonyl (C=O) groups is 2. The van der Waals surface area contributed by atoms with Crippen molar-refractivity contribution in [1.29, 1.82) is 0 Å². The Bertz CT molecular complexity index is 188. The van der Waals surface area contributed by atoms with Gasteiger partial charge in [-0.2, -0.15) is 0 Å². The highest BCUT2D eigenvalue weighted by molar-refractivity contribution is 5.78. The largest absolute Gasteiger partial charge is 0.461 e. The van der Waals surface area contributed by atoms with Crippen LogP contribution >= 0.6 is 0 Å². The van der Waals surface area contributed by atoms with E-state index in [9.17, 15) is 9.59 Å². The van der Waals surface area contributed by atoms with Crippen molar-refractivity contribution >= 4 is 11.9 Å². The first-order chi connectivity index (χ1) is 6.57. The maximum Gasteiger partial charge on any atom is 0.344 e. The van der Waals surface area contributed by atoms with E-state index in [0.29, 0.717) is 0 Å². The summed E-state index contributed by atoms with van der Waals surface area (Å²) in [6.45, 7) is 1.16. The van der Waals surface area contributed by atoms with Gasteiger partial charge in [-0.05, 0) is 6.92 Å². The highest BCUT2D eigenvalue weighted by atomic mass is 16.6. The number of rotatable bonds is 6. The maximum atomic E-state index is 10.8. The number of methoxy groups -OCH3 is 1. The van der Waals surface area contributed by atoms with E-state index in [4.69, 9.17) is 5.11 Å². The summed E-state index contributed by atoms with van der Waals surface area (Å²) in [6.07, 6.45) is -1.23. The molecule has 0 aromatic heterocycles. The third-order valence-corrected chi connectivity index (χ3v) is 1.22. The van der Waals surface area contributed by atoms with Gasteiger partial charge in [-0.15, -0.1) is 0 Å². The number of hydrogen-bond donors (Lipinski definition) is 1. The Hall–Kier alpha value is -1.14. The molecule has 14 heavy (non-hydrogen) atoms. The molecule has 0 amide bonds. The average molecular weight is 206 g/mol. The fourth-order valence-electron chi connectivity index (χ4n) is 0.531. The Labute approximate surface area is 81.8 Å². The van der Waals surface area contributed by atoms with Crippen LogP contribution in [0.5, 0.6) is 0 Å². The molecule has 82 valence electrons. The van der Waals surface area contributed by atoms with Gasteiger partial charge in [-0.3, -0.25) is 0 Å². The zero-order valence-corrected chi connectivity index (χ0v) is 8.19. The number of aliphatic hydroxyl groups excluding tert-OH is 1. The van der Waals surface area contributed by atoms with Crippen LogP contribution in [-0.2, 0) is 23.8 Å². The van der Waals surface area contributed by atoms with Crippen LogP contribution in [0.25, 0.3) is 0 Å². The second kappa shape index (κ2) is 7.28. The van der Waals surface area contributed by atoms with E-state index < -0.39 is 24.6 Å². The SMILES string of the molecule is COCCOC(=O)COC(=O)C(C)O. The molecule has 1 N–H and O–H groups in total. The molecule has 0 rings (SSSR count). The molecule has 0 aliphatic carbocycles. The number of aliphatic hydroxyl groups is 1. The topological polar surface area (TPSA) is 82.1 Å². The van der Waals surface area contributed by atoms with Gasteiger partial charge in [0.2, 0.25) is 0 Å². The van der Waals surface area contributed by atoms with Crippen molar-refractivity contribution < 1.29 is 28.9 Å². The Kier molecular flexibility index (Phi) is 6.69. The predicted molar refractivity (Wildman–Crippen MR) is 45.5 cm³/mol. The fourth-order valence-corrected chi connectivity index (χ4v) is 0.531. The maximum absolute atomic E-state index is 10.8. The molecule has 0 bridgehead atoms. The van der Waals surface area contributed by atoms with Gasteiger partial charge in [0.25, 0.3) is 0 Å². The zero-order chi connectivity index (χ0) is 11.0. The average Bonchev–Trinajstić information content (AvgIpc) is 2.14. The van der Waals surface area contributed by atoms with Crippen LogP contribution in [0.2, 0.25) is 0 Å². The molecular formula is C8H14O6. The molecular weight excluding hydrogens is 192 g/mol. The van der Waals surface area contributed by atoms with Crippen molar-refractivity contribution in [3.63, 3.8) is 0 Å². The lowest BCUT2D eigenvalue weighted by molar-refractivity contribution is -0.164. The lowest BCUT2D eigenvalue weighted by Gasteiger charge is -2.06. The van der Waals surface area contributed by atoms with Gasteiger partial charge in [0.05, 0.1) is 6.61 Å². The van der Waals surface area contributed by atoms with Gasteiger partial charge in [-0.1, -0.05) is 0 Å². The number of carbonyl (C=O) groups excluding carboxylic acids is 2. The van der Waals surface area contributed by atoms with Crippen LogP contribution in [0, 0.1) is 0 Å². The summed E-state index contributed by atoms with van der Waals surface area (Å²) >= 11 is 0. The summed E-state index contributed by atoms with van der Waals surface area (Å²) in [5.41, 5.74) is 0. The van der Waals surface area contributed by atoms with Gasteiger partial charge in [0.1, 0.15) is 12.7 Å². The van der Waals surface area contributed by atoms with Crippen molar-refractivity contribution in [3.05, 3.63) is 0 Å². The first kappa shape index (κ1) is 12.9. The van der Waals surface area contributed by atoms with Crippen LogP contribution < -0.4 is 0 Å². The van der Waals surface area contributed by atoms with Crippen molar-refractivity contribution in [2.45, 2.75) is 13.0 Å². The minimum Gasteiger partial charge on any atom is -0.461 e. The Morgan fingerprint density at radius 3 is 2.43 bits per heavy atom. The highest BCUT2D eigenvalue weighted by Gasteiger charge is 2.12. The predicted octanol–water partition coefficient (Wildman–Crippen LogP) is -0.900. The minimum absolute atomic E-state index is 0.113. The van der Waals surface area contributed by atoms with E-state index in [-0.39, 0.29) is 13.2 Å². The molecule has 1 unspecified atom stereocenters. The summed E-state index contributed by atoms with van der Waals surface area (Å²) in [5.74, 6) is -1.52. The quantitative estimate of drug-likeness (QED) is 0.448. The van der Waals surface area contributed by atoms with Crippen LogP contribution in [-0.4, -0.2) is 50.1 Å². The van der Waals surface area contributed by atoms with Crippen molar-refractivity contribution in [2.24, 2.45) is 0 Å². The summed E-state index contributed by atoms with van der Waals surface area (Å²) < 4.78 is 13.6. The lowest BCUT2D eigenvalue weighted by Crippen LogP contribution is -2.24. The molecule has 0 radical (unpaired) electrons. The molecule has 0 aliphatic rings. The lowest BCUT2D eigenvalue weighted by atomic mass is 10.4. The van der Waals surface area contributed by atoms with E-state index >= 15 is 0 Å². The summed E-state index contributed by atoms with van der Waals surface area (Å²) in [5, 5.41) is 8.70. The molecule has 0 heterocycles. The third-order valence-electron chi connectivity index (χ3n) is 1.22. The molecule has 0 fully saturated rings. The van der Waals surface area contributed by atoms with E-state index in [1.807, 2.05) is 0 Å². The highest BCUT2D eigenvalue weighted by Crippen LogP contribution is 1.88. The molecule has 6 heteroatoms. The second-order valence-corrected chi connectivity index (χ2v) is 2.50. The molecule has 0 aromatic rings. The molecule has 0 saturated carbocycles. The van der Waals surface area contributed by atoms with Gasteiger partial charge in [0.15, 0.2) is 6.61 Å². The summed E-state index contributed by atoms with van der Waals surface area (Å²) in [6, 6.07) is 0. The van der Waals surface area contributed by atoms with E-state index in [1.165, 1.54) is 14.0 Å². The van der Waals surface area contributed by atoms with Crippen LogP contribution in [0.4, 0.5) is 0 Å². The second-order valence-electron chi connectivity index (χ2n) is 2.50. The van der Waals surface area contributed by atoms with E-state index in [1.54, 1.807) is 0 Å². The van der Waals surface area contributed by atoms with Gasteiger partial charge < -0.3 is 19.3 Å². The van der Waals surface area contributed by atoms with Gasteiger partial charge in [0, 0.05) is 7.11 Å². The van der Waals surface area contributed by atoms with Crippen LogP contribution in [0.1, 0.15) is 6.92 Å². The number of hydrogen-bond acceptors (Lipinski definition) is 6. The normalized spacial score (nSPS) is 11.9. The van der Waals surface area contributed by atoms with Crippen LogP contribution in [0.15, 0.2) is 0 Å². The first-order valence-corrected chi connectivity index (χ1v) is 4.07. The van der Waals surface area contributed by atoms with Gasteiger partial charge in [-0.25, -0.2) is 9.59 Å². The Balaban J connectivity index is 3.49. The van der Waals surface area contributed by atoms with Crippen LogP contribution in [0.3, 0.4) is 0 Å². The van der Waals surface area contributed by atoms with Crippen molar-refractivity contribution in [1.82, 2.24) is 0 Å². The van der Waals surface area contributed by atoms with E-state index in [2.05, 4.69) is 14.2 Å². The summed E-state index contributed by atoms with van der Waals surface area (Å²) in [7, 11) is 1.47. The molecule has 6 nitrogen and oxygen atoms in total. The number of ether oxygens (including phenoxy) is 3.